The number of ether oxygens (including phenoxy) is 1. The van der Waals surface area contributed by atoms with E-state index in [0.717, 1.165) is 37.6 Å². The molecule has 2 rings (SSSR count). The van der Waals surface area contributed by atoms with Gasteiger partial charge in [0.15, 0.2) is 5.78 Å². The van der Waals surface area contributed by atoms with Gasteiger partial charge in [0.1, 0.15) is 0 Å². The van der Waals surface area contributed by atoms with Crippen molar-refractivity contribution in [3.8, 4) is 0 Å². The fourth-order valence-corrected chi connectivity index (χ4v) is 3.89. The lowest BCUT2D eigenvalue weighted by Gasteiger charge is -2.24. The van der Waals surface area contributed by atoms with Crippen LogP contribution in [0.25, 0.3) is 0 Å². The van der Waals surface area contributed by atoms with Crippen molar-refractivity contribution < 1.29 is 14.3 Å². The summed E-state index contributed by atoms with van der Waals surface area (Å²) in [5.41, 5.74) is 2.66. The number of esters is 1. The number of hydrogen-bond acceptors (Lipinski definition) is 5. The fraction of sp³-hybridized carbons (Fsp3) is 0.417. The zero-order valence-corrected chi connectivity index (χ0v) is 19.3. The van der Waals surface area contributed by atoms with E-state index in [1.807, 2.05) is 30.9 Å². The van der Waals surface area contributed by atoms with E-state index in [0.29, 0.717) is 5.56 Å². The molecule has 0 radical (unpaired) electrons. The third kappa shape index (κ3) is 4.96. The Morgan fingerprint density at radius 3 is 1.90 bits per heavy atom. The highest BCUT2D eigenvalue weighted by atomic mass is 35.5. The van der Waals surface area contributed by atoms with Crippen LogP contribution in [0.4, 0.5) is 11.4 Å². The average molecular weight is 431 g/mol. The first-order valence-electron chi connectivity index (χ1n) is 10.6. The lowest BCUT2D eigenvalue weighted by molar-refractivity contribution is 0.0523. The van der Waals surface area contributed by atoms with Gasteiger partial charge in [0.2, 0.25) is 0 Å². The Morgan fingerprint density at radius 2 is 1.40 bits per heavy atom. The van der Waals surface area contributed by atoms with Crippen LogP contribution in [-0.2, 0) is 4.74 Å². The molecule has 0 aromatic heterocycles. The smallest absolute Gasteiger partial charge is 0.340 e. The number of halogens is 1. The van der Waals surface area contributed by atoms with Crippen molar-refractivity contribution in [2.45, 2.75) is 34.6 Å². The van der Waals surface area contributed by atoms with E-state index in [2.05, 4.69) is 18.7 Å². The molecule has 0 bridgehead atoms. The molecule has 6 heteroatoms. The highest BCUT2D eigenvalue weighted by Gasteiger charge is 2.26. The van der Waals surface area contributed by atoms with Crippen LogP contribution in [0, 0.1) is 0 Å². The molecule has 0 heterocycles. The van der Waals surface area contributed by atoms with Crippen LogP contribution >= 0.6 is 11.6 Å². The first-order valence-corrected chi connectivity index (χ1v) is 10.9. The second kappa shape index (κ2) is 11.0. The van der Waals surface area contributed by atoms with Crippen LogP contribution in [-0.4, -0.2) is 44.5 Å². The van der Waals surface area contributed by atoms with E-state index in [9.17, 15) is 9.59 Å². The number of benzene rings is 2. The van der Waals surface area contributed by atoms with Gasteiger partial charge >= 0.3 is 5.97 Å². The van der Waals surface area contributed by atoms with Crippen molar-refractivity contribution in [1.29, 1.82) is 0 Å². The topological polar surface area (TPSA) is 49.9 Å². The Labute approximate surface area is 184 Å². The molecule has 0 aliphatic carbocycles. The second-order valence-corrected chi connectivity index (χ2v) is 7.14. The summed E-state index contributed by atoms with van der Waals surface area (Å²) >= 11 is 6.63. The van der Waals surface area contributed by atoms with Crippen LogP contribution in [0.15, 0.2) is 36.4 Å². The zero-order valence-electron chi connectivity index (χ0n) is 18.5. The van der Waals surface area contributed by atoms with Crippen molar-refractivity contribution >= 4 is 34.7 Å². The van der Waals surface area contributed by atoms with Crippen molar-refractivity contribution in [2.24, 2.45) is 0 Å². The van der Waals surface area contributed by atoms with Crippen LogP contribution in [0.2, 0.25) is 5.02 Å². The van der Waals surface area contributed by atoms with E-state index in [1.54, 1.807) is 31.2 Å². The van der Waals surface area contributed by atoms with Gasteiger partial charge in [0.05, 0.1) is 22.9 Å². The lowest BCUT2D eigenvalue weighted by atomic mass is 9.97. The number of ketones is 1. The highest BCUT2D eigenvalue weighted by molar-refractivity contribution is 6.37. The molecule has 0 spiro atoms. The van der Waals surface area contributed by atoms with E-state index in [4.69, 9.17) is 16.3 Å². The summed E-state index contributed by atoms with van der Waals surface area (Å²) in [6.07, 6.45) is 0. The largest absolute Gasteiger partial charge is 0.462 e. The number of anilines is 2. The van der Waals surface area contributed by atoms with Gasteiger partial charge in [-0.15, -0.1) is 0 Å². The maximum atomic E-state index is 13.3. The van der Waals surface area contributed by atoms with Crippen molar-refractivity contribution in [1.82, 2.24) is 0 Å². The predicted molar refractivity (Wildman–Crippen MR) is 124 cm³/mol. The monoisotopic (exact) mass is 430 g/mol. The Balaban J connectivity index is 2.52. The Morgan fingerprint density at radius 1 is 0.833 bits per heavy atom. The van der Waals surface area contributed by atoms with Gasteiger partial charge in [-0.1, -0.05) is 11.6 Å². The number of carbonyl (C=O) groups is 2. The number of carbonyl (C=O) groups excluding carboxylic acids is 2. The predicted octanol–water partition coefficient (Wildman–Crippen LogP) is 5.44. The molecular weight excluding hydrogens is 400 g/mol. The van der Waals surface area contributed by atoms with Gasteiger partial charge in [-0.2, -0.15) is 0 Å². The van der Waals surface area contributed by atoms with E-state index < -0.39 is 5.97 Å². The third-order valence-corrected chi connectivity index (χ3v) is 5.59. The first-order chi connectivity index (χ1) is 14.4. The normalized spacial score (nSPS) is 10.6. The molecular formula is C24H31ClN2O3. The minimum Gasteiger partial charge on any atom is -0.462 e. The molecule has 0 N–H and O–H groups in total. The number of rotatable bonds is 10. The first kappa shape index (κ1) is 23.7. The molecule has 0 aliphatic heterocycles. The summed E-state index contributed by atoms with van der Waals surface area (Å²) in [5, 5.41) is 0.253. The fourth-order valence-electron chi connectivity index (χ4n) is 3.53. The Hall–Kier alpha value is -2.53. The van der Waals surface area contributed by atoms with E-state index in [-0.39, 0.29) is 28.5 Å². The SMILES string of the molecule is CCOC(=O)c1c(C(=O)c2ccc(N(CC)CC)cc2)ccc(N(CC)CC)c1Cl. The molecule has 0 atom stereocenters. The molecule has 162 valence electrons. The molecule has 30 heavy (non-hydrogen) atoms. The Bertz CT molecular complexity index is 873. The van der Waals surface area contributed by atoms with Crippen molar-refractivity contribution in [3.05, 3.63) is 58.1 Å². The molecule has 0 fully saturated rings. The zero-order chi connectivity index (χ0) is 22.3. The van der Waals surface area contributed by atoms with E-state index in [1.165, 1.54) is 0 Å². The minimum atomic E-state index is -0.584. The molecule has 0 aliphatic rings. The molecule has 0 unspecified atom stereocenters. The molecule has 5 nitrogen and oxygen atoms in total. The number of hydrogen-bond donors (Lipinski definition) is 0. The third-order valence-electron chi connectivity index (χ3n) is 5.21. The van der Waals surface area contributed by atoms with Crippen LogP contribution < -0.4 is 9.80 Å². The summed E-state index contributed by atoms with van der Waals surface area (Å²) in [4.78, 5) is 30.2. The second-order valence-electron chi connectivity index (χ2n) is 6.76. The van der Waals surface area contributed by atoms with Crippen LogP contribution in [0.5, 0.6) is 0 Å². The van der Waals surface area contributed by atoms with Gasteiger partial charge in [0, 0.05) is 43.0 Å². The van der Waals surface area contributed by atoms with Gasteiger partial charge in [-0.25, -0.2) is 4.79 Å². The number of nitrogens with zero attached hydrogens (tertiary/aromatic N) is 2. The molecule has 2 aromatic rings. The summed E-state index contributed by atoms with van der Waals surface area (Å²) in [7, 11) is 0. The quantitative estimate of drug-likeness (QED) is 0.371. The van der Waals surface area contributed by atoms with Gasteiger partial charge < -0.3 is 14.5 Å². The Kier molecular flexibility index (Phi) is 8.72. The summed E-state index contributed by atoms with van der Waals surface area (Å²) in [6, 6.07) is 10.9. The maximum Gasteiger partial charge on any atom is 0.340 e. The van der Waals surface area contributed by atoms with Gasteiger partial charge in [-0.05, 0) is 71.0 Å². The van der Waals surface area contributed by atoms with Crippen LogP contribution in [0.1, 0.15) is 60.9 Å². The van der Waals surface area contributed by atoms with E-state index >= 15 is 0 Å². The average Bonchev–Trinajstić information content (AvgIpc) is 2.76. The minimum absolute atomic E-state index is 0.126. The highest BCUT2D eigenvalue weighted by Crippen LogP contribution is 2.33. The molecule has 0 saturated carbocycles. The lowest BCUT2D eigenvalue weighted by Crippen LogP contribution is -2.24. The van der Waals surface area contributed by atoms with Gasteiger partial charge in [-0.3, -0.25) is 4.79 Å². The summed E-state index contributed by atoms with van der Waals surface area (Å²) in [5.74, 6) is -0.836. The maximum absolute atomic E-state index is 13.3. The molecule has 0 saturated heterocycles. The molecule has 0 amide bonds. The van der Waals surface area contributed by atoms with Crippen molar-refractivity contribution in [2.75, 3.05) is 42.6 Å². The van der Waals surface area contributed by atoms with Gasteiger partial charge in [0.25, 0.3) is 0 Å². The summed E-state index contributed by atoms with van der Waals surface area (Å²) in [6.45, 7) is 13.4. The van der Waals surface area contributed by atoms with Crippen molar-refractivity contribution in [3.63, 3.8) is 0 Å². The van der Waals surface area contributed by atoms with Crippen LogP contribution in [0.3, 0.4) is 0 Å². The molecule has 2 aromatic carbocycles. The summed E-state index contributed by atoms with van der Waals surface area (Å²) < 4.78 is 5.22. The standard InChI is InChI=1S/C24H31ClN2O3/c1-6-26(7-2)18-13-11-17(12-14-18)23(28)19-15-16-20(27(8-3)9-4)22(25)21(19)24(29)30-10-5/h11-16H,6-10H2,1-5H3.